The topological polar surface area (TPSA) is 73.3 Å². The lowest BCUT2D eigenvalue weighted by atomic mass is 9.76. The zero-order valence-corrected chi connectivity index (χ0v) is 14.8. The molecule has 0 aliphatic carbocycles. The van der Waals surface area contributed by atoms with E-state index in [0.29, 0.717) is 39.0 Å². The molecule has 2 atom stereocenters. The third-order valence-electron chi connectivity index (χ3n) is 4.58. The van der Waals surface area contributed by atoms with Gasteiger partial charge in [-0.1, -0.05) is 0 Å². The lowest BCUT2D eigenvalue weighted by molar-refractivity contribution is -0.106. The molecule has 0 saturated carbocycles. The van der Waals surface area contributed by atoms with Crippen LogP contribution in [0.2, 0.25) is 0 Å². The highest BCUT2D eigenvalue weighted by Crippen LogP contribution is 2.36. The minimum Gasteiger partial charge on any atom is -0.444 e. The van der Waals surface area contributed by atoms with Crippen LogP contribution < -0.4 is 0 Å². The van der Waals surface area contributed by atoms with E-state index < -0.39 is 11.2 Å². The molecule has 7 heteroatoms. The molecule has 2 aliphatic heterocycles. The number of nitrogens with zero attached hydrogens (tertiary/aromatic N) is 3. The Balaban J connectivity index is 2.03. The van der Waals surface area contributed by atoms with E-state index in [0.717, 1.165) is 0 Å². The highest BCUT2D eigenvalue weighted by molar-refractivity contribution is 5.74. The maximum absolute atomic E-state index is 12.2. The molecule has 0 aromatic carbocycles. The Labute approximate surface area is 138 Å². The summed E-state index contributed by atoms with van der Waals surface area (Å²) in [6.07, 6.45) is 0.732. The number of rotatable bonds is 0. The van der Waals surface area contributed by atoms with Crippen LogP contribution in [0.1, 0.15) is 33.6 Å². The van der Waals surface area contributed by atoms with Crippen molar-refractivity contribution in [3.63, 3.8) is 0 Å². The second-order valence-corrected chi connectivity index (χ2v) is 7.85. The molecule has 132 valence electrons. The van der Waals surface area contributed by atoms with E-state index in [1.165, 1.54) is 0 Å². The predicted molar refractivity (Wildman–Crippen MR) is 86.1 cm³/mol. The van der Waals surface area contributed by atoms with Crippen LogP contribution in [0.5, 0.6) is 0 Å². The average molecular weight is 327 g/mol. The van der Waals surface area contributed by atoms with Gasteiger partial charge in [0, 0.05) is 46.2 Å². The Bertz CT molecular complexity index is 474. The zero-order chi connectivity index (χ0) is 17.4. The number of piperidine rings is 2. The fourth-order valence-corrected chi connectivity index (χ4v) is 3.25. The number of carbonyl (C=O) groups is 2. The molecule has 1 N–H and O–H groups in total. The first kappa shape index (κ1) is 17.8. The summed E-state index contributed by atoms with van der Waals surface area (Å²) in [5.74, 6) is -0.138. The summed E-state index contributed by atoms with van der Waals surface area (Å²) >= 11 is 0. The van der Waals surface area contributed by atoms with E-state index in [-0.39, 0.29) is 18.0 Å². The van der Waals surface area contributed by atoms with Crippen molar-refractivity contribution in [2.24, 2.45) is 5.92 Å². The van der Waals surface area contributed by atoms with Crippen LogP contribution in [0.3, 0.4) is 0 Å². The Morgan fingerprint density at radius 1 is 1.13 bits per heavy atom. The summed E-state index contributed by atoms with van der Waals surface area (Å²) in [5.41, 5.74) is -1.33. The molecule has 0 spiro atoms. The maximum atomic E-state index is 12.2. The molecule has 2 fully saturated rings. The van der Waals surface area contributed by atoms with E-state index in [9.17, 15) is 14.7 Å². The van der Waals surface area contributed by atoms with E-state index in [4.69, 9.17) is 4.74 Å². The first-order chi connectivity index (χ1) is 10.5. The third-order valence-corrected chi connectivity index (χ3v) is 4.58. The molecule has 0 aromatic rings. The number of urea groups is 1. The van der Waals surface area contributed by atoms with Gasteiger partial charge in [-0.3, -0.25) is 0 Å². The largest absolute Gasteiger partial charge is 0.444 e. The maximum Gasteiger partial charge on any atom is 0.410 e. The molecule has 0 aromatic heterocycles. The van der Waals surface area contributed by atoms with Crippen molar-refractivity contribution in [3.8, 4) is 0 Å². The monoisotopic (exact) mass is 327 g/mol. The van der Waals surface area contributed by atoms with Crippen LogP contribution in [0.4, 0.5) is 9.59 Å². The van der Waals surface area contributed by atoms with Crippen molar-refractivity contribution in [3.05, 3.63) is 0 Å². The number of carbonyl (C=O) groups excluding carboxylic acids is 2. The second kappa shape index (κ2) is 6.19. The van der Waals surface area contributed by atoms with Crippen molar-refractivity contribution < 1.29 is 19.4 Å². The van der Waals surface area contributed by atoms with E-state index in [2.05, 4.69) is 0 Å². The lowest BCUT2D eigenvalue weighted by Gasteiger charge is -2.50. The van der Waals surface area contributed by atoms with Gasteiger partial charge in [-0.25, -0.2) is 9.59 Å². The summed E-state index contributed by atoms with van der Waals surface area (Å²) in [6.45, 7) is 7.44. The molecule has 2 rings (SSSR count). The summed E-state index contributed by atoms with van der Waals surface area (Å²) in [6, 6.07) is -0.0542. The summed E-state index contributed by atoms with van der Waals surface area (Å²) < 4.78 is 5.42. The standard InChI is InChI=1S/C16H29N3O4/c1-15(2,3)23-14(21)19-9-7-16(22)6-8-18(10-12(16)11-19)13(20)17(4)5/h12,22H,6-11H2,1-5H3/t12-,16+/m1/s1. The average Bonchev–Trinajstić information content (AvgIpc) is 2.43. The molecule has 3 amide bonds. The van der Waals surface area contributed by atoms with Gasteiger partial charge in [-0.2, -0.15) is 0 Å². The summed E-state index contributed by atoms with van der Waals surface area (Å²) in [7, 11) is 3.44. The number of likely N-dealkylation sites (tertiary alicyclic amines) is 2. The van der Waals surface area contributed by atoms with Crippen LogP contribution in [-0.2, 0) is 4.74 Å². The quantitative estimate of drug-likeness (QED) is 0.729. The molecule has 23 heavy (non-hydrogen) atoms. The molecular formula is C16H29N3O4. The minimum atomic E-state index is -0.790. The number of aliphatic hydroxyl groups is 1. The fraction of sp³-hybridized carbons (Fsp3) is 0.875. The lowest BCUT2D eigenvalue weighted by Crippen LogP contribution is -2.62. The van der Waals surface area contributed by atoms with Crippen molar-refractivity contribution in [2.75, 3.05) is 40.3 Å². The van der Waals surface area contributed by atoms with Crippen LogP contribution in [0, 0.1) is 5.92 Å². The second-order valence-electron chi connectivity index (χ2n) is 7.85. The molecule has 0 unspecified atom stereocenters. The van der Waals surface area contributed by atoms with Gasteiger partial charge in [0.25, 0.3) is 0 Å². The fourth-order valence-electron chi connectivity index (χ4n) is 3.25. The molecule has 2 saturated heterocycles. The molecule has 7 nitrogen and oxygen atoms in total. The van der Waals surface area contributed by atoms with Gasteiger partial charge in [0.2, 0.25) is 0 Å². The minimum absolute atomic E-state index is 0.0542. The Morgan fingerprint density at radius 2 is 1.65 bits per heavy atom. The van der Waals surface area contributed by atoms with Crippen molar-refractivity contribution in [1.29, 1.82) is 0 Å². The van der Waals surface area contributed by atoms with E-state index in [1.807, 2.05) is 20.8 Å². The Hall–Kier alpha value is -1.50. The molecule has 0 radical (unpaired) electrons. The van der Waals surface area contributed by atoms with Crippen molar-refractivity contribution >= 4 is 12.1 Å². The zero-order valence-electron chi connectivity index (χ0n) is 14.8. The van der Waals surface area contributed by atoms with Crippen molar-refractivity contribution in [2.45, 2.75) is 44.8 Å². The van der Waals surface area contributed by atoms with Gasteiger partial charge < -0.3 is 24.5 Å². The van der Waals surface area contributed by atoms with E-state index in [1.54, 1.807) is 28.8 Å². The SMILES string of the molecule is CN(C)C(=O)N1CC[C@]2(O)CCN(C(=O)OC(C)(C)C)C[C@H]2C1. The number of hydrogen-bond donors (Lipinski definition) is 1. The van der Waals surface area contributed by atoms with E-state index >= 15 is 0 Å². The highest BCUT2D eigenvalue weighted by atomic mass is 16.6. The number of ether oxygens (including phenoxy) is 1. The van der Waals surface area contributed by atoms with Crippen LogP contribution >= 0.6 is 0 Å². The van der Waals surface area contributed by atoms with Crippen LogP contribution in [-0.4, -0.2) is 83.4 Å². The number of amides is 3. The molecular weight excluding hydrogens is 298 g/mol. The first-order valence-corrected chi connectivity index (χ1v) is 8.18. The summed E-state index contributed by atoms with van der Waals surface area (Å²) in [5, 5.41) is 10.8. The number of hydrogen-bond acceptors (Lipinski definition) is 4. The predicted octanol–water partition coefficient (Wildman–Crippen LogP) is 1.36. The van der Waals surface area contributed by atoms with Gasteiger partial charge >= 0.3 is 12.1 Å². The smallest absolute Gasteiger partial charge is 0.410 e. The Morgan fingerprint density at radius 3 is 2.17 bits per heavy atom. The highest BCUT2D eigenvalue weighted by Gasteiger charge is 2.47. The Kier molecular flexibility index (Phi) is 4.80. The van der Waals surface area contributed by atoms with Gasteiger partial charge in [0.1, 0.15) is 5.60 Å². The van der Waals surface area contributed by atoms with Gasteiger partial charge in [-0.15, -0.1) is 0 Å². The molecule has 2 aliphatic rings. The molecule has 2 heterocycles. The van der Waals surface area contributed by atoms with Crippen molar-refractivity contribution in [1.82, 2.24) is 14.7 Å². The number of fused-ring (bicyclic) bond motifs is 1. The normalized spacial score (nSPS) is 28.2. The van der Waals surface area contributed by atoms with Gasteiger partial charge in [0.15, 0.2) is 0 Å². The van der Waals surface area contributed by atoms with Gasteiger partial charge in [-0.05, 0) is 33.6 Å². The van der Waals surface area contributed by atoms with Crippen LogP contribution in [0.15, 0.2) is 0 Å². The molecule has 0 bridgehead atoms. The van der Waals surface area contributed by atoms with Crippen LogP contribution in [0.25, 0.3) is 0 Å². The third kappa shape index (κ3) is 4.07. The summed E-state index contributed by atoms with van der Waals surface area (Å²) in [4.78, 5) is 29.3. The van der Waals surface area contributed by atoms with Gasteiger partial charge in [0.05, 0.1) is 5.60 Å². The first-order valence-electron chi connectivity index (χ1n) is 8.18.